The zero-order chi connectivity index (χ0) is 27.6. The second-order valence-electron chi connectivity index (χ2n) is 8.11. The van der Waals surface area contributed by atoms with E-state index in [1.165, 1.54) is 36.5 Å². The Bertz CT molecular complexity index is 1520. The van der Waals surface area contributed by atoms with Gasteiger partial charge >= 0.3 is 0 Å². The van der Waals surface area contributed by atoms with Gasteiger partial charge in [-0.1, -0.05) is 22.8 Å². The molecule has 0 radical (unpaired) electrons. The molecule has 0 fully saturated rings. The molecular weight excluding hydrogens is 530 g/mol. The lowest BCUT2D eigenvalue weighted by Crippen LogP contribution is -2.22. The number of aromatic nitrogens is 4. The van der Waals surface area contributed by atoms with Gasteiger partial charge < -0.3 is 10.3 Å². The topological polar surface area (TPSA) is 136 Å². The van der Waals surface area contributed by atoms with Gasteiger partial charge in [-0.3, -0.25) is 15.1 Å². The Labute approximate surface area is 217 Å². The van der Waals surface area contributed by atoms with Gasteiger partial charge in [-0.25, -0.2) is 22.2 Å². The number of amides is 1. The molecule has 2 atom stereocenters. The summed E-state index contributed by atoms with van der Waals surface area (Å²) < 4.78 is 58.5. The van der Waals surface area contributed by atoms with Gasteiger partial charge in [0.25, 0.3) is 6.43 Å². The van der Waals surface area contributed by atoms with Gasteiger partial charge in [-0.2, -0.15) is 10.4 Å². The standard InChI is InChI=1S/C24H18ClF4N7O2/c1-11(24(37)33-20-7-18(35-38-20)14-4-3-13(27)6-16(14)25)12-2-5-17(32-10-12)21-15(9-30)23(31)36(34-21)19(8-26)22(28)29/h2-7,10-11,19,22H,8,31H2,1H3,(H,33,37). The monoisotopic (exact) mass is 547 g/mol. The zero-order valence-corrected chi connectivity index (χ0v) is 20.3. The van der Waals surface area contributed by atoms with E-state index in [0.717, 1.165) is 6.07 Å². The molecule has 14 heteroatoms. The number of anilines is 2. The molecule has 0 aliphatic rings. The molecule has 4 rings (SSSR count). The first-order chi connectivity index (χ1) is 18.1. The van der Waals surface area contributed by atoms with E-state index in [4.69, 9.17) is 21.9 Å². The van der Waals surface area contributed by atoms with E-state index in [2.05, 4.69) is 20.6 Å². The maximum atomic E-state index is 13.3. The van der Waals surface area contributed by atoms with E-state index in [-0.39, 0.29) is 33.6 Å². The van der Waals surface area contributed by atoms with Crippen molar-refractivity contribution in [2.24, 2.45) is 0 Å². The van der Waals surface area contributed by atoms with Crippen molar-refractivity contribution < 1.29 is 26.9 Å². The average molecular weight is 548 g/mol. The van der Waals surface area contributed by atoms with Crippen LogP contribution in [0.15, 0.2) is 47.1 Å². The summed E-state index contributed by atoms with van der Waals surface area (Å²) >= 11 is 6.04. The number of carbonyl (C=O) groups excluding carboxylic acids is 1. The number of nitrogens with one attached hydrogen (secondary N) is 1. The van der Waals surface area contributed by atoms with Crippen LogP contribution < -0.4 is 11.1 Å². The van der Waals surface area contributed by atoms with Crippen LogP contribution in [0.3, 0.4) is 0 Å². The van der Waals surface area contributed by atoms with Crippen LogP contribution in [0.5, 0.6) is 0 Å². The third-order valence-electron chi connectivity index (χ3n) is 5.71. The Morgan fingerprint density at radius 2 is 2.03 bits per heavy atom. The maximum Gasteiger partial charge on any atom is 0.263 e. The van der Waals surface area contributed by atoms with Crippen molar-refractivity contribution in [1.29, 1.82) is 5.26 Å². The Kier molecular flexibility index (Phi) is 7.63. The third-order valence-corrected chi connectivity index (χ3v) is 6.02. The number of nitriles is 1. The molecule has 3 aromatic heterocycles. The number of halogens is 5. The SMILES string of the molecule is CC(C(=O)Nc1cc(-c2ccc(F)cc2Cl)no1)c1ccc(-c2nn(C(CF)C(F)F)c(N)c2C#N)nc1. The van der Waals surface area contributed by atoms with Crippen LogP contribution in [-0.4, -0.2) is 38.9 Å². The van der Waals surface area contributed by atoms with E-state index in [1.807, 2.05) is 0 Å². The minimum atomic E-state index is -3.09. The van der Waals surface area contributed by atoms with Crippen LogP contribution in [0.25, 0.3) is 22.6 Å². The lowest BCUT2D eigenvalue weighted by molar-refractivity contribution is -0.117. The number of nitrogens with two attached hydrogens (primary N) is 1. The predicted octanol–water partition coefficient (Wildman–Crippen LogP) is 5.36. The number of pyridine rings is 1. The Morgan fingerprint density at radius 1 is 1.26 bits per heavy atom. The summed E-state index contributed by atoms with van der Waals surface area (Å²) in [6, 6.07) is 7.99. The number of hydrogen-bond donors (Lipinski definition) is 2. The van der Waals surface area contributed by atoms with Crippen molar-refractivity contribution in [2.45, 2.75) is 25.3 Å². The van der Waals surface area contributed by atoms with Crippen molar-refractivity contribution in [3.05, 3.63) is 64.6 Å². The van der Waals surface area contributed by atoms with Gasteiger partial charge in [0.2, 0.25) is 11.8 Å². The fraction of sp³-hybridized carbons (Fsp3) is 0.208. The second kappa shape index (κ2) is 10.9. The fourth-order valence-corrected chi connectivity index (χ4v) is 3.83. The summed E-state index contributed by atoms with van der Waals surface area (Å²) in [4.78, 5) is 16.9. The summed E-state index contributed by atoms with van der Waals surface area (Å²) in [5.41, 5.74) is 6.74. The summed E-state index contributed by atoms with van der Waals surface area (Å²) in [5, 5.41) is 19.9. The van der Waals surface area contributed by atoms with E-state index < -0.39 is 42.6 Å². The first-order valence-corrected chi connectivity index (χ1v) is 11.3. The van der Waals surface area contributed by atoms with Gasteiger partial charge in [0, 0.05) is 17.8 Å². The fourth-order valence-electron chi connectivity index (χ4n) is 3.57. The quantitative estimate of drug-likeness (QED) is 0.283. The van der Waals surface area contributed by atoms with Crippen molar-refractivity contribution in [2.75, 3.05) is 17.7 Å². The van der Waals surface area contributed by atoms with Crippen LogP contribution in [0.4, 0.5) is 29.3 Å². The van der Waals surface area contributed by atoms with Crippen LogP contribution in [-0.2, 0) is 4.79 Å². The van der Waals surface area contributed by atoms with Crippen LogP contribution >= 0.6 is 11.6 Å². The lowest BCUT2D eigenvalue weighted by Gasteiger charge is -2.13. The van der Waals surface area contributed by atoms with E-state index in [1.54, 1.807) is 13.0 Å². The number of alkyl halides is 3. The van der Waals surface area contributed by atoms with E-state index in [0.29, 0.717) is 15.8 Å². The zero-order valence-electron chi connectivity index (χ0n) is 19.5. The number of rotatable bonds is 8. The molecule has 9 nitrogen and oxygen atoms in total. The van der Waals surface area contributed by atoms with Crippen molar-refractivity contribution in [1.82, 2.24) is 19.9 Å². The smallest absolute Gasteiger partial charge is 0.263 e. The predicted molar refractivity (Wildman–Crippen MR) is 130 cm³/mol. The molecule has 0 aliphatic carbocycles. The third kappa shape index (κ3) is 5.16. The molecule has 0 bridgehead atoms. The number of nitrogens with zero attached hydrogens (tertiary/aromatic N) is 5. The largest absolute Gasteiger partial charge is 0.383 e. The highest BCUT2D eigenvalue weighted by molar-refractivity contribution is 6.33. The molecule has 2 unspecified atom stereocenters. The molecular formula is C24H18ClF4N7O2. The van der Waals surface area contributed by atoms with Crippen LogP contribution in [0, 0.1) is 17.1 Å². The summed E-state index contributed by atoms with van der Waals surface area (Å²) in [7, 11) is 0. The van der Waals surface area contributed by atoms with Gasteiger partial charge in [-0.15, -0.1) is 0 Å². The average Bonchev–Trinajstić information content (AvgIpc) is 3.48. The normalized spacial score (nSPS) is 12.8. The minimum Gasteiger partial charge on any atom is -0.383 e. The van der Waals surface area contributed by atoms with Gasteiger partial charge in [0.15, 0.2) is 0 Å². The molecule has 38 heavy (non-hydrogen) atoms. The Balaban J connectivity index is 1.51. The van der Waals surface area contributed by atoms with Gasteiger partial charge in [-0.05, 0) is 36.8 Å². The number of nitrogen functional groups attached to an aromatic ring is 1. The number of hydrogen-bond acceptors (Lipinski definition) is 7. The second-order valence-corrected chi connectivity index (χ2v) is 8.52. The number of carbonyl (C=O) groups is 1. The van der Waals surface area contributed by atoms with Crippen molar-refractivity contribution in [3.8, 4) is 28.7 Å². The Morgan fingerprint density at radius 3 is 2.63 bits per heavy atom. The minimum absolute atomic E-state index is 0.0305. The van der Waals surface area contributed by atoms with Crippen LogP contribution in [0.2, 0.25) is 5.02 Å². The molecule has 0 spiro atoms. The molecule has 3 heterocycles. The van der Waals surface area contributed by atoms with Crippen molar-refractivity contribution in [3.63, 3.8) is 0 Å². The first kappa shape index (κ1) is 26.6. The lowest BCUT2D eigenvalue weighted by atomic mass is 10.0. The van der Waals surface area contributed by atoms with E-state index >= 15 is 0 Å². The van der Waals surface area contributed by atoms with Gasteiger partial charge in [0.1, 0.15) is 47.4 Å². The summed E-state index contributed by atoms with van der Waals surface area (Å²) in [6.45, 7) is 0.165. The summed E-state index contributed by atoms with van der Waals surface area (Å²) in [5.74, 6) is -2.09. The highest BCUT2D eigenvalue weighted by Gasteiger charge is 2.29. The molecule has 4 aromatic rings. The van der Waals surface area contributed by atoms with Crippen molar-refractivity contribution >= 4 is 29.2 Å². The van der Waals surface area contributed by atoms with Gasteiger partial charge in [0.05, 0.1) is 16.6 Å². The molecule has 3 N–H and O–H groups in total. The molecule has 196 valence electrons. The maximum absolute atomic E-state index is 13.3. The van der Waals surface area contributed by atoms with Crippen LogP contribution in [0.1, 0.15) is 30.0 Å². The first-order valence-electron chi connectivity index (χ1n) is 11.0. The van der Waals surface area contributed by atoms with E-state index in [9.17, 15) is 27.6 Å². The highest BCUT2D eigenvalue weighted by Crippen LogP contribution is 2.32. The summed E-state index contributed by atoms with van der Waals surface area (Å²) in [6.07, 6.45) is -1.75. The molecule has 0 aliphatic heterocycles. The molecule has 1 aromatic carbocycles. The molecule has 0 saturated heterocycles. The highest BCUT2D eigenvalue weighted by atomic mass is 35.5. The Hall–Kier alpha value is -4.44. The number of benzene rings is 1. The molecule has 0 saturated carbocycles. The molecule has 1 amide bonds.